The van der Waals surface area contributed by atoms with E-state index < -0.39 is 0 Å². The van der Waals surface area contributed by atoms with E-state index in [4.69, 9.17) is 0 Å². The van der Waals surface area contributed by atoms with Gasteiger partial charge >= 0.3 is 0 Å². The third-order valence-corrected chi connectivity index (χ3v) is 4.65. The van der Waals surface area contributed by atoms with E-state index in [1.165, 1.54) is 23.3 Å². The van der Waals surface area contributed by atoms with Crippen molar-refractivity contribution in [1.82, 2.24) is 10.2 Å². The first-order valence-corrected chi connectivity index (χ1v) is 9.87. The number of benzene rings is 1. The predicted octanol–water partition coefficient (Wildman–Crippen LogP) is 5.82. The van der Waals surface area contributed by atoms with E-state index >= 15 is 0 Å². The molecule has 0 aromatic heterocycles. The second-order valence-corrected chi connectivity index (χ2v) is 7.12. The summed E-state index contributed by atoms with van der Waals surface area (Å²) in [6.45, 7) is 9.52. The van der Waals surface area contributed by atoms with Crippen LogP contribution in [0.25, 0.3) is 0 Å². The minimum absolute atomic E-state index is 0.656. The topological polar surface area (TPSA) is 15.3 Å². The van der Waals surface area contributed by atoms with Crippen LogP contribution < -0.4 is 5.32 Å². The highest BCUT2D eigenvalue weighted by Crippen LogP contribution is 2.18. The summed E-state index contributed by atoms with van der Waals surface area (Å²) < 4.78 is 0. The maximum atomic E-state index is 3.41. The van der Waals surface area contributed by atoms with Gasteiger partial charge in [-0.25, -0.2) is 0 Å². The van der Waals surface area contributed by atoms with Gasteiger partial charge in [0.25, 0.3) is 0 Å². The lowest BCUT2D eigenvalue weighted by molar-refractivity contribution is 0.422. The van der Waals surface area contributed by atoms with Crippen LogP contribution in [0.4, 0.5) is 0 Å². The van der Waals surface area contributed by atoms with E-state index in [9.17, 15) is 0 Å². The first-order chi connectivity index (χ1) is 12.7. The van der Waals surface area contributed by atoms with Crippen molar-refractivity contribution in [2.75, 3.05) is 13.1 Å². The molecule has 1 heterocycles. The van der Waals surface area contributed by atoms with E-state index in [2.05, 4.69) is 97.9 Å². The second-order valence-electron chi connectivity index (χ2n) is 7.12. The summed E-state index contributed by atoms with van der Waals surface area (Å²) >= 11 is 0. The third-order valence-electron chi connectivity index (χ3n) is 4.65. The molecule has 2 nitrogen and oxygen atoms in total. The van der Waals surface area contributed by atoms with Crippen molar-refractivity contribution < 1.29 is 0 Å². The number of hydrogen-bond donors (Lipinski definition) is 1. The first kappa shape index (κ1) is 20.3. The van der Waals surface area contributed by atoms with Gasteiger partial charge in [-0.2, -0.15) is 0 Å². The average molecular weight is 351 g/mol. The van der Waals surface area contributed by atoms with Crippen molar-refractivity contribution in [3.63, 3.8) is 0 Å². The summed E-state index contributed by atoms with van der Waals surface area (Å²) in [6, 6.07) is 10.7. The standard InChI is InChI=1S/C24H34N2/c1-4-10-21(2)11-8-9-12-22(3)19-26(24-15-17-25-18-16-24)20-23-13-6-5-7-14-23/h4-7,9-10,12-15,19,21,25H,8,11,16-18,20H2,1-3H3/b10-4-,12-9+,22-19+. The van der Waals surface area contributed by atoms with Crippen LogP contribution in [-0.4, -0.2) is 18.0 Å². The molecule has 0 saturated carbocycles. The van der Waals surface area contributed by atoms with Gasteiger partial charge < -0.3 is 10.2 Å². The molecule has 1 atom stereocenters. The van der Waals surface area contributed by atoms with Crippen molar-refractivity contribution >= 4 is 0 Å². The van der Waals surface area contributed by atoms with Gasteiger partial charge in [-0.15, -0.1) is 0 Å². The van der Waals surface area contributed by atoms with Crippen LogP contribution in [0.2, 0.25) is 0 Å². The Morgan fingerprint density at radius 2 is 2.08 bits per heavy atom. The maximum Gasteiger partial charge on any atom is 0.0472 e. The molecule has 1 aliphatic rings. The SMILES string of the molecule is C/C=C\C(C)CC/C=C/C(C)=C/N(Cc1ccccc1)C1=CCNCC1. The van der Waals surface area contributed by atoms with Crippen LogP contribution in [0.15, 0.2) is 78.2 Å². The van der Waals surface area contributed by atoms with E-state index in [-0.39, 0.29) is 0 Å². The molecule has 1 aliphatic heterocycles. The zero-order valence-corrected chi connectivity index (χ0v) is 16.6. The smallest absolute Gasteiger partial charge is 0.0472 e. The van der Waals surface area contributed by atoms with Crippen molar-refractivity contribution in [3.05, 3.63) is 83.7 Å². The Morgan fingerprint density at radius 1 is 1.27 bits per heavy atom. The fourth-order valence-electron chi connectivity index (χ4n) is 3.22. The molecule has 0 aliphatic carbocycles. The summed E-state index contributed by atoms with van der Waals surface area (Å²) in [7, 11) is 0. The van der Waals surface area contributed by atoms with Gasteiger partial charge in [0.2, 0.25) is 0 Å². The van der Waals surface area contributed by atoms with Crippen molar-refractivity contribution in [2.24, 2.45) is 5.92 Å². The summed E-state index contributed by atoms with van der Waals surface area (Å²) in [5.74, 6) is 0.656. The molecule has 1 unspecified atom stereocenters. The fourth-order valence-corrected chi connectivity index (χ4v) is 3.22. The molecule has 0 saturated heterocycles. The van der Waals surface area contributed by atoms with Crippen molar-refractivity contribution in [1.29, 1.82) is 0 Å². The minimum atomic E-state index is 0.656. The van der Waals surface area contributed by atoms with Crippen LogP contribution in [0.1, 0.15) is 45.6 Å². The number of hydrogen-bond acceptors (Lipinski definition) is 2. The number of allylic oxidation sites excluding steroid dienone is 5. The molecule has 1 N–H and O–H groups in total. The summed E-state index contributed by atoms with van der Waals surface area (Å²) in [4.78, 5) is 2.41. The van der Waals surface area contributed by atoms with Gasteiger partial charge in [0, 0.05) is 31.5 Å². The van der Waals surface area contributed by atoms with Crippen LogP contribution in [0.3, 0.4) is 0 Å². The third kappa shape index (κ3) is 7.45. The fraction of sp³-hybridized carbons (Fsp3) is 0.417. The van der Waals surface area contributed by atoms with Crippen molar-refractivity contribution in [3.8, 4) is 0 Å². The van der Waals surface area contributed by atoms with E-state index in [1.807, 2.05) is 0 Å². The van der Waals surface area contributed by atoms with Crippen LogP contribution in [-0.2, 0) is 6.54 Å². The number of nitrogens with zero attached hydrogens (tertiary/aromatic N) is 1. The van der Waals surface area contributed by atoms with Gasteiger partial charge in [0.05, 0.1) is 0 Å². The molecule has 0 fully saturated rings. The minimum Gasteiger partial charge on any atom is -0.347 e. The molecule has 2 heteroatoms. The molecule has 0 radical (unpaired) electrons. The van der Waals surface area contributed by atoms with Gasteiger partial charge in [0.15, 0.2) is 0 Å². The maximum absolute atomic E-state index is 3.41. The molecule has 0 amide bonds. The van der Waals surface area contributed by atoms with Crippen LogP contribution in [0.5, 0.6) is 0 Å². The Kier molecular flexibility index (Phi) is 8.99. The molecule has 26 heavy (non-hydrogen) atoms. The Hall–Kier alpha value is -2.06. The summed E-state index contributed by atoms with van der Waals surface area (Å²) in [5, 5.41) is 3.41. The molecular weight excluding hydrogens is 316 g/mol. The zero-order chi connectivity index (χ0) is 18.6. The summed E-state index contributed by atoms with van der Waals surface area (Å²) in [6.07, 6.45) is 17.0. The highest BCUT2D eigenvalue weighted by atomic mass is 15.1. The van der Waals surface area contributed by atoms with E-state index in [0.29, 0.717) is 5.92 Å². The Morgan fingerprint density at radius 3 is 2.77 bits per heavy atom. The molecule has 2 rings (SSSR count). The molecule has 1 aromatic rings. The first-order valence-electron chi connectivity index (χ1n) is 9.87. The second kappa shape index (κ2) is 11.5. The van der Waals surface area contributed by atoms with E-state index in [0.717, 1.165) is 32.5 Å². The van der Waals surface area contributed by atoms with Gasteiger partial charge in [0.1, 0.15) is 0 Å². The normalized spacial score (nSPS) is 16.9. The quantitative estimate of drug-likeness (QED) is 0.446. The molecule has 1 aromatic carbocycles. The predicted molar refractivity (Wildman–Crippen MR) is 114 cm³/mol. The average Bonchev–Trinajstić information content (AvgIpc) is 2.66. The Balaban J connectivity index is 2.01. The summed E-state index contributed by atoms with van der Waals surface area (Å²) in [5.41, 5.74) is 4.07. The highest BCUT2D eigenvalue weighted by Gasteiger charge is 2.11. The van der Waals surface area contributed by atoms with Gasteiger partial charge in [-0.05, 0) is 50.2 Å². The number of nitrogens with one attached hydrogen (secondary N) is 1. The lowest BCUT2D eigenvalue weighted by Crippen LogP contribution is -2.27. The largest absolute Gasteiger partial charge is 0.347 e. The molecule has 140 valence electrons. The van der Waals surface area contributed by atoms with Crippen LogP contribution >= 0.6 is 0 Å². The Labute approximate surface area is 160 Å². The van der Waals surface area contributed by atoms with E-state index in [1.54, 1.807) is 0 Å². The highest BCUT2D eigenvalue weighted by molar-refractivity contribution is 5.22. The zero-order valence-electron chi connectivity index (χ0n) is 16.6. The molecular formula is C24H34N2. The lowest BCUT2D eigenvalue weighted by atomic mass is 10.0. The van der Waals surface area contributed by atoms with Crippen molar-refractivity contribution in [2.45, 2.75) is 46.6 Å². The van der Waals surface area contributed by atoms with Crippen LogP contribution in [0, 0.1) is 5.92 Å². The molecule has 0 spiro atoms. The Bertz CT molecular complexity index is 637. The monoisotopic (exact) mass is 350 g/mol. The number of rotatable bonds is 9. The van der Waals surface area contributed by atoms with Gasteiger partial charge in [-0.3, -0.25) is 0 Å². The van der Waals surface area contributed by atoms with Gasteiger partial charge in [-0.1, -0.05) is 67.6 Å². The lowest BCUT2D eigenvalue weighted by Gasteiger charge is -2.27. The molecule has 0 bridgehead atoms.